The molecule has 1 fully saturated rings. The molecule has 2 aliphatic heterocycles. The van der Waals surface area contributed by atoms with Crippen molar-refractivity contribution in [3.05, 3.63) is 82.6 Å². The van der Waals surface area contributed by atoms with Crippen LogP contribution in [0.1, 0.15) is 86.1 Å². The van der Waals surface area contributed by atoms with Gasteiger partial charge in [0, 0.05) is 30.9 Å². The largest absolute Gasteiger partial charge is 0.375 e. The van der Waals surface area contributed by atoms with Gasteiger partial charge in [-0.25, -0.2) is 0 Å². The van der Waals surface area contributed by atoms with E-state index in [1.54, 1.807) is 5.56 Å². The highest BCUT2D eigenvalue weighted by Crippen LogP contribution is 2.37. The summed E-state index contributed by atoms with van der Waals surface area (Å²) in [5, 5.41) is 0. The molecule has 2 atom stereocenters. The Morgan fingerprint density at radius 2 is 1.88 bits per heavy atom. The molecule has 0 radical (unpaired) electrons. The summed E-state index contributed by atoms with van der Waals surface area (Å²) in [7, 11) is 0. The van der Waals surface area contributed by atoms with E-state index < -0.39 is 0 Å². The van der Waals surface area contributed by atoms with Crippen LogP contribution in [0.2, 0.25) is 0 Å². The molecule has 0 spiro atoms. The van der Waals surface area contributed by atoms with Crippen LogP contribution in [-0.4, -0.2) is 30.2 Å². The molecule has 2 aromatic rings. The van der Waals surface area contributed by atoms with Crippen LogP contribution in [0.15, 0.2) is 59.7 Å². The zero-order valence-corrected chi connectivity index (χ0v) is 20.2. The van der Waals surface area contributed by atoms with Crippen molar-refractivity contribution >= 4 is 6.21 Å². The fraction of sp³-hybridized carbons (Fsp3) is 0.500. The molecule has 0 aromatic heterocycles. The number of piperidine rings is 1. The fourth-order valence-corrected chi connectivity index (χ4v) is 5.44. The summed E-state index contributed by atoms with van der Waals surface area (Å²) in [6.07, 6.45) is 13.0. The zero-order chi connectivity index (χ0) is 22.3. The van der Waals surface area contributed by atoms with E-state index in [1.807, 2.05) is 0 Å². The molecule has 0 saturated carbocycles. The summed E-state index contributed by atoms with van der Waals surface area (Å²) in [4.78, 5) is 7.54. The van der Waals surface area contributed by atoms with Crippen molar-refractivity contribution in [1.29, 1.82) is 0 Å². The summed E-state index contributed by atoms with van der Waals surface area (Å²) in [5.41, 5.74) is 8.68. The van der Waals surface area contributed by atoms with Crippen molar-refractivity contribution in [2.24, 2.45) is 4.99 Å². The van der Waals surface area contributed by atoms with E-state index in [-0.39, 0.29) is 0 Å². The van der Waals surface area contributed by atoms with Crippen molar-refractivity contribution < 1.29 is 0 Å². The van der Waals surface area contributed by atoms with Crippen LogP contribution in [0.5, 0.6) is 0 Å². The lowest BCUT2D eigenvalue weighted by atomic mass is 9.79. The summed E-state index contributed by atoms with van der Waals surface area (Å²) < 4.78 is 0. The molecule has 1 saturated heterocycles. The topological polar surface area (TPSA) is 15.6 Å². The lowest BCUT2D eigenvalue weighted by Crippen LogP contribution is -2.42. The van der Waals surface area contributed by atoms with Gasteiger partial charge >= 0.3 is 0 Å². The summed E-state index contributed by atoms with van der Waals surface area (Å²) in [6.45, 7) is 11.2. The molecule has 2 nitrogen and oxygen atoms in total. The lowest BCUT2D eigenvalue weighted by Gasteiger charge is -2.41. The van der Waals surface area contributed by atoms with E-state index in [1.165, 1.54) is 60.1 Å². The molecule has 2 aromatic carbocycles. The number of rotatable bonds is 10. The highest BCUT2D eigenvalue weighted by molar-refractivity contribution is 5.84. The van der Waals surface area contributed by atoms with Crippen molar-refractivity contribution in [2.45, 2.75) is 83.6 Å². The van der Waals surface area contributed by atoms with Crippen molar-refractivity contribution in [2.75, 3.05) is 13.1 Å². The van der Waals surface area contributed by atoms with Crippen LogP contribution in [-0.2, 0) is 19.3 Å². The quantitative estimate of drug-likeness (QED) is 0.368. The smallest absolute Gasteiger partial charge is 0.0602 e. The predicted molar refractivity (Wildman–Crippen MR) is 138 cm³/mol. The standard InChI is InChI=1S/C30H40N2/c1-4-6-7-11-14-26-20-28-27(19-25(26)5-2)21-31-30-17-18-32(22-29(28)30)23(3)15-16-24-12-9-8-10-13-24/h8-10,12-13,19-21,29-30H,3-7,11,14-18,22H2,1-2H3. The first kappa shape index (κ1) is 22.8. The molecule has 0 N–H and O–H groups in total. The molecule has 0 bridgehead atoms. The normalized spacial score (nSPS) is 19.5. The number of hydrogen-bond donors (Lipinski definition) is 0. The second-order valence-electron chi connectivity index (χ2n) is 9.65. The van der Waals surface area contributed by atoms with Gasteiger partial charge in [-0.05, 0) is 72.4 Å². The third-order valence-corrected chi connectivity index (χ3v) is 7.46. The monoisotopic (exact) mass is 428 g/mol. The molecule has 2 heteroatoms. The summed E-state index contributed by atoms with van der Waals surface area (Å²) in [6, 6.07) is 16.2. The van der Waals surface area contributed by atoms with E-state index in [0.717, 1.165) is 38.8 Å². The minimum Gasteiger partial charge on any atom is -0.375 e. The molecule has 2 heterocycles. The van der Waals surface area contributed by atoms with Crippen LogP contribution < -0.4 is 0 Å². The van der Waals surface area contributed by atoms with Gasteiger partial charge in [0.2, 0.25) is 0 Å². The molecule has 170 valence electrons. The maximum absolute atomic E-state index is 4.99. The first-order chi connectivity index (χ1) is 15.7. The number of benzene rings is 2. The van der Waals surface area contributed by atoms with E-state index in [2.05, 4.69) is 74.0 Å². The maximum atomic E-state index is 4.99. The Morgan fingerprint density at radius 1 is 1.03 bits per heavy atom. The first-order valence-corrected chi connectivity index (χ1v) is 12.8. The minimum absolute atomic E-state index is 0.432. The molecule has 4 rings (SSSR count). The molecule has 0 aliphatic carbocycles. The van der Waals surface area contributed by atoms with E-state index >= 15 is 0 Å². The molecule has 0 amide bonds. The maximum Gasteiger partial charge on any atom is 0.0602 e. The second-order valence-corrected chi connectivity index (χ2v) is 9.65. The lowest BCUT2D eigenvalue weighted by molar-refractivity contribution is 0.229. The number of nitrogens with zero attached hydrogens (tertiary/aromatic N) is 2. The number of aryl methyl sites for hydroxylation is 3. The van der Waals surface area contributed by atoms with Gasteiger partial charge < -0.3 is 4.90 Å². The molecular weight excluding hydrogens is 388 g/mol. The molecule has 2 unspecified atom stereocenters. The molecule has 2 aliphatic rings. The highest BCUT2D eigenvalue weighted by atomic mass is 15.2. The number of aliphatic imine (C=N–C) groups is 1. The average Bonchev–Trinajstić information content (AvgIpc) is 2.84. The van der Waals surface area contributed by atoms with E-state index in [9.17, 15) is 0 Å². The number of allylic oxidation sites excluding steroid dienone is 1. The minimum atomic E-state index is 0.432. The van der Waals surface area contributed by atoms with Crippen molar-refractivity contribution in [3.8, 4) is 0 Å². The summed E-state index contributed by atoms with van der Waals surface area (Å²) in [5.74, 6) is 0.498. The van der Waals surface area contributed by atoms with Gasteiger partial charge in [-0.15, -0.1) is 0 Å². The van der Waals surface area contributed by atoms with Gasteiger partial charge in [-0.3, -0.25) is 4.99 Å². The van der Waals surface area contributed by atoms with Crippen LogP contribution in [0, 0.1) is 0 Å². The van der Waals surface area contributed by atoms with Crippen LogP contribution in [0.3, 0.4) is 0 Å². The van der Waals surface area contributed by atoms with Crippen LogP contribution in [0.4, 0.5) is 0 Å². The second kappa shape index (κ2) is 11.0. The third-order valence-electron chi connectivity index (χ3n) is 7.46. The highest BCUT2D eigenvalue weighted by Gasteiger charge is 2.34. The number of unbranched alkanes of at least 4 members (excludes halogenated alkanes) is 3. The van der Waals surface area contributed by atoms with Gasteiger partial charge in [-0.2, -0.15) is 0 Å². The number of likely N-dealkylation sites (tertiary alicyclic amines) is 1. The number of fused-ring (bicyclic) bond motifs is 3. The Balaban J connectivity index is 1.47. The van der Waals surface area contributed by atoms with Gasteiger partial charge in [0.25, 0.3) is 0 Å². The Hall–Kier alpha value is -2.35. The molecular formula is C30H40N2. The third kappa shape index (κ3) is 5.34. The first-order valence-electron chi connectivity index (χ1n) is 12.8. The Morgan fingerprint density at radius 3 is 2.66 bits per heavy atom. The Bertz CT molecular complexity index is 927. The van der Waals surface area contributed by atoms with Crippen LogP contribution >= 0.6 is 0 Å². The summed E-state index contributed by atoms with van der Waals surface area (Å²) >= 11 is 0. The van der Waals surface area contributed by atoms with Gasteiger partial charge in [0.15, 0.2) is 0 Å². The van der Waals surface area contributed by atoms with Gasteiger partial charge in [-0.1, -0.05) is 76.1 Å². The SMILES string of the molecule is C=C(CCc1ccccc1)N1CCC2N=Cc3cc(CC)c(CCCCCC)cc3C2C1. The Labute approximate surface area is 195 Å². The zero-order valence-electron chi connectivity index (χ0n) is 20.2. The molecule has 32 heavy (non-hydrogen) atoms. The van der Waals surface area contributed by atoms with E-state index in [4.69, 9.17) is 4.99 Å². The van der Waals surface area contributed by atoms with Gasteiger partial charge in [0.05, 0.1) is 6.04 Å². The van der Waals surface area contributed by atoms with Gasteiger partial charge in [0.1, 0.15) is 0 Å². The average molecular weight is 429 g/mol. The van der Waals surface area contributed by atoms with E-state index in [0.29, 0.717) is 12.0 Å². The van der Waals surface area contributed by atoms with Crippen molar-refractivity contribution in [3.63, 3.8) is 0 Å². The predicted octanol–water partition coefficient (Wildman–Crippen LogP) is 7.11. The Kier molecular flexibility index (Phi) is 7.84. The van der Waals surface area contributed by atoms with Crippen LogP contribution in [0.25, 0.3) is 0 Å². The van der Waals surface area contributed by atoms with Crippen molar-refractivity contribution in [1.82, 2.24) is 4.90 Å². The fourth-order valence-electron chi connectivity index (χ4n) is 5.44. The number of hydrogen-bond acceptors (Lipinski definition) is 2.